The lowest BCUT2D eigenvalue weighted by atomic mass is 10.4. The molecule has 0 bridgehead atoms. The zero-order valence-electron chi connectivity index (χ0n) is 13.1. The molecule has 0 aliphatic carbocycles. The second-order valence-corrected chi connectivity index (χ2v) is 5.73. The Balaban J connectivity index is 0.00000242. The van der Waals surface area contributed by atoms with Crippen molar-refractivity contribution in [3.63, 3.8) is 0 Å². The summed E-state index contributed by atoms with van der Waals surface area (Å²) < 4.78 is 4.92. The molecule has 0 radical (unpaired) electrons. The maximum atomic E-state index is 4.30. The number of rotatable bonds is 4. The van der Waals surface area contributed by atoms with E-state index < -0.39 is 0 Å². The van der Waals surface area contributed by atoms with Crippen LogP contribution in [0.2, 0.25) is 0 Å². The van der Waals surface area contributed by atoms with Gasteiger partial charge in [0.25, 0.3) is 0 Å². The molecule has 2 rings (SSSR count). The lowest BCUT2D eigenvalue weighted by molar-refractivity contribution is 0.459. The van der Waals surface area contributed by atoms with Gasteiger partial charge in [0.2, 0.25) is 0 Å². The first kappa shape index (κ1) is 18.9. The molecule has 2 heterocycles. The van der Waals surface area contributed by atoms with Crippen LogP contribution in [0.5, 0.6) is 0 Å². The molecule has 0 atom stereocenters. The van der Waals surface area contributed by atoms with Gasteiger partial charge in [0, 0.05) is 44.6 Å². The van der Waals surface area contributed by atoms with Crippen molar-refractivity contribution in [2.75, 3.05) is 14.1 Å². The molecule has 2 aromatic rings. The van der Waals surface area contributed by atoms with E-state index in [9.17, 15) is 0 Å². The van der Waals surface area contributed by atoms with Crippen LogP contribution < -0.4 is 5.32 Å². The van der Waals surface area contributed by atoms with Crippen LogP contribution in [0.3, 0.4) is 0 Å². The van der Waals surface area contributed by atoms with E-state index in [4.69, 9.17) is 0 Å². The Labute approximate surface area is 156 Å². The number of hydrogen-bond acceptors (Lipinski definition) is 3. The van der Waals surface area contributed by atoms with E-state index in [0.717, 1.165) is 22.8 Å². The molecule has 2 aromatic heterocycles. The van der Waals surface area contributed by atoms with Gasteiger partial charge in [-0.25, -0.2) is 4.98 Å². The number of aromatic nitrogens is 4. The summed E-state index contributed by atoms with van der Waals surface area (Å²) >= 11 is 3.49. The molecule has 0 aromatic carbocycles. The summed E-state index contributed by atoms with van der Waals surface area (Å²) in [5, 5.41) is 7.34. The Kier molecular flexibility index (Phi) is 7.33. The number of aliphatic imine (C=N–C) groups is 1. The first-order chi connectivity index (χ1) is 10.0. The summed E-state index contributed by atoms with van der Waals surface area (Å²) in [6.07, 6.45) is 3.59. The third-order valence-corrected chi connectivity index (χ3v) is 3.69. The number of halogens is 2. The van der Waals surface area contributed by atoms with Crippen LogP contribution in [0.1, 0.15) is 11.5 Å². The average Bonchev–Trinajstić information content (AvgIpc) is 2.97. The molecule has 0 aliphatic rings. The minimum Gasteiger partial charge on any atom is -0.352 e. The summed E-state index contributed by atoms with van der Waals surface area (Å²) in [5.74, 6) is 1.68. The van der Waals surface area contributed by atoms with Gasteiger partial charge in [0.15, 0.2) is 5.96 Å². The van der Waals surface area contributed by atoms with Crippen molar-refractivity contribution in [2.24, 2.45) is 19.1 Å². The second-order valence-electron chi connectivity index (χ2n) is 4.82. The van der Waals surface area contributed by atoms with Gasteiger partial charge in [-0.1, -0.05) is 0 Å². The van der Waals surface area contributed by atoms with Crippen LogP contribution in [-0.4, -0.2) is 44.3 Å². The van der Waals surface area contributed by atoms with Crippen molar-refractivity contribution in [3.05, 3.63) is 34.6 Å². The first-order valence-corrected chi connectivity index (χ1v) is 7.36. The van der Waals surface area contributed by atoms with Crippen molar-refractivity contribution in [3.8, 4) is 0 Å². The van der Waals surface area contributed by atoms with Crippen molar-refractivity contribution in [2.45, 2.75) is 13.1 Å². The number of hydrogen-bond donors (Lipinski definition) is 1. The fraction of sp³-hybridized carbons (Fsp3) is 0.462. The van der Waals surface area contributed by atoms with Gasteiger partial charge >= 0.3 is 0 Å². The summed E-state index contributed by atoms with van der Waals surface area (Å²) in [7, 11) is 7.69. The normalized spacial score (nSPS) is 11.2. The fourth-order valence-electron chi connectivity index (χ4n) is 2.06. The molecule has 0 unspecified atom stereocenters. The lowest BCUT2D eigenvalue weighted by Crippen LogP contribution is -2.38. The Morgan fingerprint density at radius 2 is 2.18 bits per heavy atom. The molecule has 22 heavy (non-hydrogen) atoms. The van der Waals surface area contributed by atoms with Crippen LogP contribution in [0.15, 0.2) is 28.1 Å². The summed E-state index contributed by atoms with van der Waals surface area (Å²) in [4.78, 5) is 10.6. The molecule has 0 amide bonds. The third-order valence-electron chi connectivity index (χ3n) is 3.26. The highest BCUT2D eigenvalue weighted by Crippen LogP contribution is 2.14. The van der Waals surface area contributed by atoms with Crippen molar-refractivity contribution >= 4 is 45.9 Å². The fourth-order valence-corrected chi connectivity index (χ4v) is 2.64. The molecule has 9 heteroatoms. The van der Waals surface area contributed by atoms with E-state index in [1.54, 1.807) is 18.1 Å². The average molecular weight is 482 g/mol. The van der Waals surface area contributed by atoms with E-state index in [-0.39, 0.29) is 24.0 Å². The maximum absolute atomic E-state index is 4.30. The molecule has 0 saturated carbocycles. The van der Waals surface area contributed by atoms with Gasteiger partial charge in [-0.3, -0.25) is 9.67 Å². The number of nitrogens with one attached hydrogen (secondary N) is 1. The van der Waals surface area contributed by atoms with E-state index in [0.29, 0.717) is 6.54 Å². The van der Waals surface area contributed by atoms with Gasteiger partial charge in [0.1, 0.15) is 12.2 Å². The highest BCUT2D eigenvalue weighted by atomic mass is 127. The Hall–Kier alpha value is -1.10. The molecular weight excluding hydrogens is 461 g/mol. The van der Waals surface area contributed by atoms with Gasteiger partial charge in [-0.2, -0.15) is 5.10 Å². The minimum atomic E-state index is 0. The molecule has 0 fully saturated rings. The number of guanidine groups is 1. The standard InChI is InChI=1S/C13H20BrN7.HI/c1-15-13(16-6-12-17-9-18-21(12)4)20(3)8-11-5-10(14)7-19(11)2;/h5,7,9H,6,8H2,1-4H3,(H,15,16);1H. The topological polar surface area (TPSA) is 63.3 Å². The molecular formula is C13H21BrIN7. The van der Waals surface area contributed by atoms with Crippen LogP contribution in [0.4, 0.5) is 0 Å². The number of aryl methyl sites for hydroxylation is 2. The summed E-state index contributed by atoms with van der Waals surface area (Å²) in [6, 6.07) is 2.10. The van der Waals surface area contributed by atoms with E-state index in [1.807, 2.05) is 27.3 Å². The zero-order valence-corrected chi connectivity index (χ0v) is 17.0. The maximum Gasteiger partial charge on any atom is 0.194 e. The van der Waals surface area contributed by atoms with Gasteiger partial charge < -0.3 is 14.8 Å². The van der Waals surface area contributed by atoms with E-state index in [1.165, 1.54) is 5.69 Å². The highest BCUT2D eigenvalue weighted by Gasteiger charge is 2.10. The molecule has 1 N–H and O–H groups in total. The molecule has 0 aliphatic heterocycles. The SMILES string of the molecule is CN=C(NCc1ncnn1C)N(C)Cc1cc(Br)cn1C.I. The van der Waals surface area contributed by atoms with Gasteiger partial charge in [-0.15, -0.1) is 24.0 Å². The smallest absolute Gasteiger partial charge is 0.194 e. The van der Waals surface area contributed by atoms with Crippen LogP contribution in [-0.2, 0) is 27.2 Å². The highest BCUT2D eigenvalue weighted by molar-refractivity contribution is 14.0. The Morgan fingerprint density at radius 3 is 2.68 bits per heavy atom. The van der Waals surface area contributed by atoms with E-state index >= 15 is 0 Å². The third kappa shape index (κ3) is 4.70. The molecule has 122 valence electrons. The predicted octanol–water partition coefficient (Wildman–Crippen LogP) is 1.74. The molecule has 0 saturated heterocycles. The van der Waals surface area contributed by atoms with Crippen molar-refractivity contribution in [1.82, 2.24) is 29.5 Å². The Bertz CT molecular complexity index is 634. The van der Waals surface area contributed by atoms with Crippen molar-refractivity contribution in [1.29, 1.82) is 0 Å². The van der Waals surface area contributed by atoms with Crippen LogP contribution in [0, 0.1) is 0 Å². The monoisotopic (exact) mass is 481 g/mol. The lowest BCUT2D eigenvalue weighted by Gasteiger charge is -2.22. The predicted molar refractivity (Wildman–Crippen MR) is 101 cm³/mol. The second kappa shape index (κ2) is 8.51. The first-order valence-electron chi connectivity index (χ1n) is 6.56. The minimum absolute atomic E-state index is 0. The van der Waals surface area contributed by atoms with Gasteiger partial charge in [-0.05, 0) is 22.0 Å². The van der Waals surface area contributed by atoms with E-state index in [2.05, 4.69) is 51.9 Å². The molecule has 7 nitrogen and oxygen atoms in total. The van der Waals surface area contributed by atoms with Gasteiger partial charge in [0.05, 0.1) is 13.1 Å². The summed E-state index contributed by atoms with van der Waals surface area (Å²) in [6.45, 7) is 1.35. The Morgan fingerprint density at radius 1 is 1.45 bits per heavy atom. The zero-order chi connectivity index (χ0) is 15.4. The summed E-state index contributed by atoms with van der Waals surface area (Å²) in [5.41, 5.74) is 1.20. The van der Waals surface area contributed by atoms with Crippen LogP contribution >= 0.6 is 39.9 Å². The quantitative estimate of drug-likeness (QED) is 0.410. The van der Waals surface area contributed by atoms with Crippen LogP contribution in [0.25, 0.3) is 0 Å². The number of nitrogens with zero attached hydrogens (tertiary/aromatic N) is 6. The van der Waals surface area contributed by atoms with Crippen molar-refractivity contribution < 1.29 is 0 Å². The molecule has 0 spiro atoms. The largest absolute Gasteiger partial charge is 0.352 e.